The molecule has 0 bridgehead atoms. The zero-order valence-corrected chi connectivity index (χ0v) is 16.5. The van der Waals surface area contributed by atoms with Crippen molar-refractivity contribution in [2.24, 2.45) is 0 Å². The van der Waals surface area contributed by atoms with Gasteiger partial charge in [-0.15, -0.1) is 5.10 Å². The fourth-order valence-corrected chi connectivity index (χ4v) is 3.69. The molecule has 1 aromatic heterocycles. The number of benzene rings is 2. The molecule has 144 valence electrons. The fraction of sp³-hybridized carbons (Fsp3) is 0.273. The quantitative estimate of drug-likeness (QED) is 0.650. The second-order valence-electron chi connectivity index (χ2n) is 7.07. The molecule has 0 radical (unpaired) electrons. The second-order valence-corrected chi connectivity index (χ2v) is 7.51. The molecule has 1 saturated heterocycles. The Kier molecular flexibility index (Phi) is 5.44. The smallest absolute Gasteiger partial charge is 0.151 e. The molecule has 0 spiro atoms. The number of halogens is 2. The van der Waals surface area contributed by atoms with E-state index in [9.17, 15) is 4.39 Å². The van der Waals surface area contributed by atoms with Gasteiger partial charge in [-0.1, -0.05) is 29.8 Å². The molecule has 28 heavy (non-hydrogen) atoms. The molecular formula is C22H22ClFN4. The number of aryl methyl sites for hydroxylation is 1. The third kappa shape index (κ3) is 4.25. The van der Waals surface area contributed by atoms with Crippen LogP contribution < -0.4 is 9.80 Å². The summed E-state index contributed by atoms with van der Waals surface area (Å²) in [6, 6.07) is 16.7. The molecule has 0 unspecified atom stereocenters. The largest absolute Gasteiger partial charge is 0.368 e. The highest BCUT2D eigenvalue weighted by Gasteiger charge is 2.19. The molecular weight excluding hydrogens is 375 g/mol. The van der Waals surface area contributed by atoms with Gasteiger partial charge in [-0.2, -0.15) is 5.10 Å². The Bertz CT molecular complexity index is 953. The highest BCUT2D eigenvalue weighted by atomic mass is 35.5. The fourth-order valence-electron chi connectivity index (χ4n) is 3.50. The Morgan fingerprint density at radius 3 is 2.36 bits per heavy atom. The van der Waals surface area contributed by atoms with Gasteiger partial charge in [0, 0.05) is 36.9 Å². The van der Waals surface area contributed by atoms with E-state index < -0.39 is 0 Å². The van der Waals surface area contributed by atoms with Gasteiger partial charge in [-0.3, -0.25) is 0 Å². The number of anilines is 2. The summed E-state index contributed by atoms with van der Waals surface area (Å²) in [4.78, 5) is 4.60. The lowest BCUT2D eigenvalue weighted by Gasteiger charge is -2.36. The SMILES string of the molecule is Cc1nnc(N2CCN(c3cccc(Cl)c3)CC2)cc1Cc1ccc(F)cc1. The van der Waals surface area contributed by atoms with Crippen molar-refractivity contribution < 1.29 is 4.39 Å². The van der Waals surface area contributed by atoms with Crippen molar-refractivity contribution in [2.45, 2.75) is 13.3 Å². The molecule has 0 amide bonds. The van der Waals surface area contributed by atoms with Crippen LogP contribution >= 0.6 is 11.6 Å². The summed E-state index contributed by atoms with van der Waals surface area (Å²) >= 11 is 6.12. The minimum atomic E-state index is -0.216. The topological polar surface area (TPSA) is 32.3 Å². The molecule has 0 aliphatic carbocycles. The maximum atomic E-state index is 13.1. The zero-order valence-electron chi connectivity index (χ0n) is 15.8. The number of hydrogen-bond acceptors (Lipinski definition) is 4. The van der Waals surface area contributed by atoms with Crippen LogP contribution in [0.5, 0.6) is 0 Å². The van der Waals surface area contributed by atoms with Crippen molar-refractivity contribution in [1.82, 2.24) is 10.2 Å². The monoisotopic (exact) mass is 396 g/mol. The summed E-state index contributed by atoms with van der Waals surface area (Å²) in [6.45, 7) is 5.53. The van der Waals surface area contributed by atoms with Gasteiger partial charge in [0.2, 0.25) is 0 Å². The molecule has 4 rings (SSSR count). The number of hydrogen-bond donors (Lipinski definition) is 0. The Hall–Kier alpha value is -2.66. The Morgan fingerprint density at radius 2 is 1.64 bits per heavy atom. The van der Waals surface area contributed by atoms with Gasteiger partial charge >= 0.3 is 0 Å². The third-order valence-electron chi connectivity index (χ3n) is 5.16. The molecule has 0 N–H and O–H groups in total. The van der Waals surface area contributed by atoms with E-state index in [4.69, 9.17) is 11.6 Å². The lowest BCUT2D eigenvalue weighted by Crippen LogP contribution is -2.47. The van der Waals surface area contributed by atoms with Gasteiger partial charge in [-0.25, -0.2) is 4.39 Å². The summed E-state index contributed by atoms with van der Waals surface area (Å²) in [7, 11) is 0. The molecule has 0 saturated carbocycles. The Balaban J connectivity index is 1.46. The van der Waals surface area contributed by atoms with Crippen LogP contribution in [0.25, 0.3) is 0 Å². The predicted octanol–water partition coefficient (Wildman–Crippen LogP) is 4.49. The molecule has 1 fully saturated rings. The van der Waals surface area contributed by atoms with Crippen LogP contribution in [0.15, 0.2) is 54.6 Å². The van der Waals surface area contributed by atoms with E-state index in [1.165, 1.54) is 12.1 Å². The van der Waals surface area contributed by atoms with E-state index in [2.05, 4.69) is 32.1 Å². The maximum Gasteiger partial charge on any atom is 0.151 e. The van der Waals surface area contributed by atoms with Crippen molar-refractivity contribution in [1.29, 1.82) is 0 Å². The Labute approximate surface area is 169 Å². The average Bonchev–Trinajstić information content (AvgIpc) is 2.71. The van der Waals surface area contributed by atoms with E-state index in [1.807, 2.05) is 37.3 Å². The van der Waals surface area contributed by atoms with Crippen LogP contribution in [0.1, 0.15) is 16.8 Å². The molecule has 4 nitrogen and oxygen atoms in total. The van der Waals surface area contributed by atoms with Crippen molar-refractivity contribution in [3.05, 3.63) is 82.3 Å². The highest BCUT2D eigenvalue weighted by molar-refractivity contribution is 6.30. The maximum absolute atomic E-state index is 13.1. The van der Waals surface area contributed by atoms with Crippen LogP contribution in [0.3, 0.4) is 0 Å². The predicted molar refractivity (Wildman–Crippen MR) is 112 cm³/mol. The van der Waals surface area contributed by atoms with Crippen LogP contribution in [0.4, 0.5) is 15.9 Å². The second kappa shape index (κ2) is 8.15. The van der Waals surface area contributed by atoms with Crippen LogP contribution in [-0.4, -0.2) is 36.4 Å². The van der Waals surface area contributed by atoms with E-state index in [-0.39, 0.29) is 5.82 Å². The van der Waals surface area contributed by atoms with Crippen molar-refractivity contribution in [3.63, 3.8) is 0 Å². The van der Waals surface area contributed by atoms with E-state index in [0.717, 1.165) is 65.9 Å². The third-order valence-corrected chi connectivity index (χ3v) is 5.39. The first-order valence-corrected chi connectivity index (χ1v) is 9.79. The van der Waals surface area contributed by atoms with Crippen molar-refractivity contribution >= 4 is 23.1 Å². The van der Waals surface area contributed by atoms with Gasteiger partial charge < -0.3 is 9.80 Å². The average molecular weight is 397 g/mol. The Morgan fingerprint density at radius 1 is 0.929 bits per heavy atom. The molecule has 0 atom stereocenters. The van der Waals surface area contributed by atoms with Crippen LogP contribution in [0, 0.1) is 12.7 Å². The van der Waals surface area contributed by atoms with Crippen LogP contribution in [0.2, 0.25) is 5.02 Å². The first-order chi connectivity index (χ1) is 13.6. The van der Waals surface area contributed by atoms with Gasteiger partial charge in [0.1, 0.15) is 5.82 Å². The number of aromatic nitrogens is 2. The van der Waals surface area contributed by atoms with Gasteiger partial charge in [0.25, 0.3) is 0 Å². The molecule has 2 aromatic carbocycles. The standard InChI is InChI=1S/C22H22ClFN4/c1-16-18(13-17-5-7-20(24)8-6-17)14-22(26-25-16)28-11-9-27(10-12-28)21-4-2-3-19(23)15-21/h2-8,14-15H,9-13H2,1H3. The zero-order chi connectivity index (χ0) is 19.5. The molecule has 1 aliphatic heterocycles. The van der Waals surface area contributed by atoms with E-state index in [0.29, 0.717) is 0 Å². The van der Waals surface area contributed by atoms with Crippen molar-refractivity contribution in [3.8, 4) is 0 Å². The number of nitrogens with zero attached hydrogens (tertiary/aromatic N) is 4. The van der Waals surface area contributed by atoms with E-state index in [1.54, 1.807) is 0 Å². The minimum absolute atomic E-state index is 0.216. The molecule has 1 aliphatic rings. The first-order valence-electron chi connectivity index (χ1n) is 9.41. The number of piperazine rings is 1. The lowest BCUT2D eigenvalue weighted by molar-refractivity contribution is 0.627. The lowest BCUT2D eigenvalue weighted by atomic mass is 10.0. The summed E-state index contributed by atoms with van der Waals surface area (Å²) in [6.07, 6.45) is 0.719. The van der Waals surface area contributed by atoms with Crippen LogP contribution in [-0.2, 0) is 6.42 Å². The van der Waals surface area contributed by atoms with Crippen molar-refractivity contribution in [2.75, 3.05) is 36.0 Å². The summed E-state index contributed by atoms with van der Waals surface area (Å²) in [5.41, 5.74) is 4.24. The summed E-state index contributed by atoms with van der Waals surface area (Å²) in [5, 5.41) is 9.53. The molecule has 2 heterocycles. The summed E-state index contributed by atoms with van der Waals surface area (Å²) in [5.74, 6) is 0.681. The highest BCUT2D eigenvalue weighted by Crippen LogP contribution is 2.23. The van der Waals surface area contributed by atoms with Gasteiger partial charge in [0.15, 0.2) is 5.82 Å². The van der Waals surface area contributed by atoms with Gasteiger partial charge in [0.05, 0.1) is 5.69 Å². The minimum Gasteiger partial charge on any atom is -0.368 e. The normalized spacial score (nSPS) is 14.4. The molecule has 3 aromatic rings. The van der Waals surface area contributed by atoms with Gasteiger partial charge in [-0.05, 0) is 60.9 Å². The van der Waals surface area contributed by atoms with E-state index >= 15 is 0 Å². The number of rotatable bonds is 4. The molecule has 6 heteroatoms. The first kappa shape index (κ1) is 18.7. The summed E-state index contributed by atoms with van der Waals surface area (Å²) < 4.78 is 13.1.